The number of aryl methyl sites for hydroxylation is 2. The van der Waals surface area contributed by atoms with Crippen LogP contribution in [-0.4, -0.2) is 52.8 Å². The van der Waals surface area contributed by atoms with Crippen LogP contribution in [0.5, 0.6) is 0 Å². The molecule has 0 N–H and O–H groups in total. The summed E-state index contributed by atoms with van der Waals surface area (Å²) in [5.74, 6) is 0.189. The van der Waals surface area contributed by atoms with Crippen LogP contribution in [0.4, 0.5) is 0 Å². The molecule has 0 saturated carbocycles. The number of para-hydroxylation sites is 1. The number of hydrogen-bond donors (Lipinski definition) is 0. The van der Waals surface area contributed by atoms with Gasteiger partial charge >= 0.3 is 0 Å². The Morgan fingerprint density at radius 2 is 1.67 bits per heavy atom. The van der Waals surface area contributed by atoms with Gasteiger partial charge in [-0.15, -0.1) is 0 Å². The second-order valence-electron chi connectivity index (χ2n) is 6.38. The standard InChI is InChI=1S/C19H23N3O2/c1-13-16-6-4-5-7-18(16)20-14(2)17(13)12-19(24)22-10-8-21(9-11-22)15(3)23/h4-7H,8-12H2,1-3H3. The number of benzene rings is 1. The summed E-state index contributed by atoms with van der Waals surface area (Å²) in [6.07, 6.45) is 0.371. The van der Waals surface area contributed by atoms with Crippen LogP contribution in [0, 0.1) is 13.8 Å². The molecule has 0 unspecified atom stereocenters. The lowest BCUT2D eigenvalue weighted by Gasteiger charge is -2.34. The number of carbonyl (C=O) groups is 2. The Balaban J connectivity index is 1.78. The minimum absolute atomic E-state index is 0.0764. The number of carbonyl (C=O) groups excluding carboxylic acids is 2. The first-order chi connectivity index (χ1) is 11.5. The number of hydrogen-bond acceptors (Lipinski definition) is 3. The van der Waals surface area contributed by atoms with Gasteiger partial charge in [-0.1, -0.05) is 18.2 Å². The van der Waals surface area contributed by atoms with E-state index in [4.69, 9.17) is 0 Å². The molecule has 5 heteroatoms. The van der Waals surface area contributed by atoms with Crippen LogP contribution in [0.15, 0.2) is 24.3 Å². The predicted octanol–water partition coefficient (Wildman–Crippen LogP) is 2.08. The maximum absolute atomic E-state index is 12.7. The van der Waals surface area contributed by atoms with Crippen molar-refractivity contribution in [1.82, 2.24) is 14.8 Å². The average molecular weight is 325 g/mol. The van der Waals surface area contributed by atoms with Gasteiger partial charge in [-0.2, -0.15) is 0 Å². The molecule has 126 valence electrons. The normalized spacial score (nSPS) is 15.0. The molecule has 0 radical (unpaired) electrons. The van der Waals surface area contributed by atoms with Crippen LogP contribution < -0.4 is 0 Å². The number of pyridine rings is 1. The van der Waals surface area contributed by atoms with Gasteiger partial charge in [0.1, 0.15) is 0 Å². The molecule has 1 aliphatic rings. The van der Waals surface area contributed by atoms with E-state index in [9.17, 15) is 9.59 Å². The quantitative estimate of drug-likeness (QED) is 0.849. The third kappa shape index (κ3) is 3.11. The smallest absolute Gasteiger partial charge is 0.227 e. The van der Waals surface area contributed by atoms with E-state index in [0.29, 0.717) is 32.6 Å². The van der Waals surface area contributed by atoms with Gasteiger partial charge in [0.15, 0.2) is 0 Å². The summed E-state index contributed by atoms with van der Waals surface area (Å²) in [5.41, 5.74) is 4.04. The highest BCUT2D eigenvalue weighted by Crippen LogP contribution is 2.23. The number of rotatable bonds is 2. The maximum atomic E-state index is 12.7. The Morgan fingerprint density at radius 1 is 1.04 bits per heavy atom. The highest BCUT2D eigenvalue weighted by molar-refractivity contribution is 5.86. The van der Waals surface area contributed by atoms with Crippen molar-refractivity contribution in [3.05, 3.63) is 41.1 Å². The van der Waals surface area contributed by atoms with Crippen LogP contribution in [0.2, 0.25) is 0 Å². The van der Waals surface area contributed by atoms with Crippen molar-refractivity contribution in [3.63, 3.8) is 0 Å². The lowest BCUT2D eigenvalue weighted by Crippen LogP contribution is -2.50. The Labute approximate surface area is 142 Å². The summed E-state index contributed by atoms with van der Waals surface area (Å²) in [4.78, 5) is 32.4. The van der Waals surface area contributed by atoms with E-state index in [1.807, 2.05) is 30.0 Å². The molecule has 1 aliphatic heterocycles. The highest BCUT2D eigenvalue weighted by atomic mass is 16.2. The molecule has 0 aliphatic carbocycles. The van der Waals surface area contributed by atoms with Crippen LogP contribution in [0.25, 0.3) is 10.9 Å². The Morgan fingerprint density at radius 3 is 2.33 bits per heavy atom. The summed E-state index contributed by atoms with van der Waals surface area (Å²) in [5, 5.41) is 1.10. The first-order valence-electron chi connectivity index (χ1n) is 8.35. The van der Waals surface area contributed by atoms with Crippen molar-refractivity contribution in [2.24, 2.45) is 0 Å². The molecule has 1 saturated heterocycles. The molecule has 1 aromatic heterocycles. The number of aromatic nitrogens is 1. The molecule has 0 atom stereocenters. The monoisotopic (exact) mass is 325 g/mol. The summed E-state index contributed by atoms with van der Waals surface area (Å²) >= 11 is 0. The van der Waals surface area contributed by atoms with E-state index in [1.165, 1.54) is 0 Å². The minimum atomic E-state index is 0.0764. The van der Waals surface area contributed by atoms with Crippen molar-refractivity contribution in [1.29, 1.82) is 0 Å². The zero-order chi connectivity index (χ0) is 17.3. The van der Waals surface area contributed by atoms with Gasteiger partial charge in [0.25, 0.3) is 0 Å². The molecule has 0 bridgehead atoms. The zero-order valence-corrected chi connectivity index (χ0v) is 14.5. The van der Waals surface area contributed by atoms with Gasteiger partial charge in [0, 0.05) is 44.2 Å². The number of fused-ring (bicyclic) bond motifs is 1. The van der Waals surface area contributed by atoms with E-state index in [0.717, 1.165) is 27.7 Å². The third-order valence-corrected chi connectivity index (χ3v) is 4.89. The molecular formula is C19H23N3O2. The molecule has 1 aromatic carbocycles. The topological polar surface area (TPSA) is 53.5 Å². The average Bonchev–Trinajstić information content (AvgIpc) is 2.58. The molecule has 2 aromatic rings. The van der Waals surface area contributed by atoms with Gasteiger partial charge in [0.2, 0.25) is 11.8 Å². The minimum Gasteiger partial charge on any atom is -0.339 e. The Hall–Kier alpha value is -2.43. The summed E-state index contributed by atoms with van der Waals surface area (Å²) in [6.45, 7) is 8.06. The molecule has 0 spiro atoms. The Bertz CT molecular complexity index is 793. The van der Waals surface area contributed by atoms with Crippen LogP contribution in [-0.2, 0) is 16.0 Å². The predicted molar refractivity (Wildman–Crippen MR) is 93.8 cm³/mol. The van der Waals surface area contributed by atoms with Crippen molar-refractivity contribution in [2.75, 3.05) is 26.2 Å². The van der Waals surface area contributed by atoms with Crippen LogP contribution in [0.3, 0.4) is 0 Å². The fourth-order valence-electron chi connectivity index (χ4n) is 3.36. The van der Waals surface area contributed by atoms with Gasteiger partial charge in [-0.3, -0.25) is 14.6 Å². The SMILES string of the molecule is CC(=O)N1CCN(C(=O)Cc2c(C)nc3ccccc3c2C)CC1. The first-order valence-corrected chi connectivity index (χ1v) is 8.35. The summed E-state index contributed by atoms with van der Waals surface area (Å²) in [7, 11) is 0. The van der Waals surface area contributed by atoms with Crippen molar-refractivity contribution >= 4 is 22.7 Å². The molecule has 5 nitrogen and oxygen atoms in total. The third-order valence-electron chi connectivity index (χ3n) is 4.89. The number of piperazine rings is 1. The van der Waals surface area contributed by atoms with Crippen LogP contribution >= 0.6 is 0 Å². The molecule has 2 heterocycles. The van der Waals surface area contributed by atoms with Gasteiger partial charge in [-0.05, 0) is 31.0 Å². The molecule has 1 fully saturated rings. The van der Waals surface area contributed by atoms with Crippen molar-refractivity contribution < 1.29 is 9.59 Å². The molecule has 24 heavy (non-hydrogen) atoms. The summed E-state index contributed by atoms with van der Waals surface area (Å²) < 4.78 is 0. The number of amides is 2. The first kappa shape index (κ1) is 16.4. The lowest BCUT2D eigenvalue weighted by atomic mass is 9.99. The fourth-order valence-corrected chi connectivity index (χ4v) is 3.36. The lowest BCUT2D eigenvalue weighted by molar-refractivity contribution is -0.138. The molecular weight excluding hydrogens is 302 g/mol. The van der Waals surface area contributed by atoms with Gasteiger partial charge in [-0.25, -0.2) is 0 Å². The Kier molecular flexibility index (Phi) is 4.51. The zero-order valence-electron chi connectivity index (χ0n) is 14.5. The van der Waals surface area contributed by atoms with Crippen molar-refractivity contribution in [2.45, 2.75) is 27.2 Å². The van der Waals surface area contributed by atoms with E-state index in [1.54, 1.807) is 11.8 Å². The molecule has 2 amide bonds. The van der Waals surface area contributed by atoms with Crippen molar-refractivity contribution in [3.8, 4) is 0 Å². The largest absolute Gasteiger partial charge is 0.339 e. The highest BCUT2D eigenvalue weighted by Gasteiger charge is 2.23. The molecule has 3 rings (SSSR count). The van der Waals surface area contributed by atoms with E-state index < -0.39 is 0 Å². The summed E-state index contributed by atoms with van der Waals surface area (Å²) in [6, 6.07) is 8.03. The second-order valence-corrected chi connectivity index (χ2v) is 6.38. The van der Waals surface area contributed by atoms with E-state index in [2.05, 4.69) is 18.0 Å². The van der Waals surface area contributed by atoms with Gasteiger partial charge < -0.3 is 9.80 Å². The number of nitrogens with zero attached hydrogens (tertiary/aromatic N) is 3. The van der Waals surface area contributed by atoms with Crippen LogP contribution in [0.1, 0.15) is 23.7 Å². The maximum Gasteiger partial charge on any atom is 0.227 e. The fraction of sp³-hybridized carbons (Fsp3) is 0.421. The second kappa shape index (κ2) is 6.59. The van der Waals surface area contributed by atoms with E-state index in [-0.39, 0.29) is 11.8 Å². The van der Waals surface area contributed by atoms with Gasteiger partial charge in [0.05, 0.1) is 11.9 Å². The van der Waals surface area contributed by atoms with E-state index >= 15 is 0 Å².